The number of aliphatic hydroxyl groups is 1. The number of non-ortho nitro benzene ring substituents is 1. The van der Waals surface area contributed by atoms with Crippen molar-refractivity contribution < 1.29 is 29.5 Å². The number of benzene rings is 1. The van der Waals surface area contributed by atoms with Crippen molar-refractivity contribution in [1.29, 1.82) is 0 Å². The predicted molar refractivity (Wildman–Crippen MR) is 154 cm³/mol. The summed E-state index contributed by atoms with van der Waals surface area (Å²) in [6.07, 6.45) is 8.96. The first-order chi connectivity index (χ1) is 19.3. The molecular weight excluding hydrogens is 522 g/mol. The topological polar surface area (TPSA) is 127 Å². The van der Waals surface area contributed by atoms with E-state index < -0.39 is 16.5 Å². The number of nitro benzene ring substituents is 1. The summed E-state index contributed by atoms with van der Waals surface area (Å²) in [6.45, 7) is 8.65. The molecule has 0 aliphatic heterocycles. The van der Waals surface area contributed by atoms with Gasteiger partial charge in [-0.05, 0) is 122 Å². The number of fused-ring (bicyclic) bond motifs is 5. The standard InChI is InChI=1S/C33H47NO7/c1-20(6-5-7-29(36)37)25-12-13-26-30-27(14-15-32(25,26)4)31(3)16-17-33(38,19-23(31)18-28(30)41-21(2)35)22-8-10-24(11-9-22)34(39)40/h8-11,20,23,25-28,30,38H,5-7,12-19H2,1-4H3,(H,36,37)/t20-,23-,25-,26+,27+,28-,30+,31+,32-,33+/m1/s1. The Kier molecular flexibility index (Phi) is 8.03. The maximum atomic E-state index is 12.4. The molecule has 0 saturated heterocycles. The molecule has 0 heterocycles. The van der Waals surface area contributed by atoms with Crippen LogP contribution in [-0.2, 0) is 19.9 Å². The summed E-state index contributed by atoms with van der Waals surface area (Å²) in [7, 11) is 0. The van der Waals surface area contributed by atoms with Crippen molar-refractivity contribution in [2.45, 2.75) is 110 Å². The molecule has 0 unspecified atom stereocenters. The van der Waals surface area contributed by atoms with E-state index in [1.54, 1.807) is 12.1 Å². The number of nitrogens with zero attached hydrogens (tertiary/aromatic N) is 1. The number of aliphatic carboxylic acids is 1. The van der Waals surface area contributed by atoms with Crippen LogP contribution >= 0.6 is 0 Å². The molecule has 4 aliphatic rings. The van der Waals surface area contributed by atoms with Gasteiger partial charge in [-0.2, -0.15) is 0 Å². The molecule has 1 aromatic carbocycles. The molecule has 0 radical (unpaired) electrons. The van der Waals surface area contributed by atoms with Crippen LogP contribution in [0.1, 0.15) is 104 Å². The van der Waals surface area contributed by atoms with Crippen molar-refractivity contribution >= 4 is 17.6 Å². The predicted octanol–water partition coefficient (Wildman–Crippen LogP) is 6.87. The van der Waals surface area contributed by atoms with Gasteiger partial charge in [0.2, 0.25) is 0 Å². The van der Waals surface area contributed by atoms with Gasteiger partial charge in [0.25, 0.3) is 5.69 Å². The molecule has 0 bridgehead atoms. The van der Waals surface area contributed by atoms with Crippen molar-refractivity contribution in [2.24, 2.45) is 46.3 Å². The molecule has 4 aliphatic carbocycles. The monoisotopic (exact) mass is 569 g/mol. The molecule has 8 heteroatoms. The zero-order valence-electron chi connectivity index (χ0n) is 25.0. The number of carbonyl (C=O) groups excluding carboxylic acids is 1. The average Bonchev–Trinajstić information content (AvgIpc) is 3.26. The summed E-state index contributed by atoms with van der Waals surface area (Å²) in [6, 6.07) is 6.33. The first kappa shape index (κ1) is 30.0. The molecular formula is C33H47NO7. The van der Waals surface area contributed by atoms with Gasteiger partial charge in [-0.1, -0.05) is 20.8 Å². The molecule has 0 aromatic heterocycles. The Morgan fingerprint density at radius 1 is 1.07 bits per heavy atom. The number of carboxylic acid groups (broad SMARTS) is 1. The second-order valence-electron chi connectivity index (χ2n) is 14.4. The number of hydrogen-bond acceptors (Lipinski definition) is 6. The van der Waals surface area contributed by atoms with Crippen molar-refractivity contribution in [3.63, 3.8) is 0 Å². The fourth-order valence-corrected chi connectivity index (χ4v) is 10.4. The lowest BCUT2D eigenvalue weighted by molar-refractivity contribution is -0.384. The largest absolute Gasteiger partial charge is 0.481 e. The third-order valence-electron chi connectivity index (χ3n) is 12.5. The number of esters is 1. The Bertz CT molecular complexity index is 1170. The van der Waals surface area contributed by atoms with Gasteiger partial charge in [0.05, 0.1) is 10.5 Å². The smallest absolute Gasteiger partial charge is 0.303 e. The molecule has 41 heavy (non-hydrogen) atoms. The Morgan fingerprint density at radius 3 is 2.39 bits per heavy atom. The molecule has 4 fully saturated rings. The number of carboxylic acids is 1. The Balaban J connectivity index is 1.39. The van der Waals surface area contributed by atoms with E-state index in [4.69, 9.17) is 9.84 Å². The molecule has 226 valence electrons. The van der Waals surface area contributed by atoms with Gasteiger partial charge in [0.1, 0.15) is 6.10 Å². The Morgan fingerprint density at radius 2 is 1.76 bits per heavy atom. The van der Waals surface area contributed by atoms with E-state index in [1.165, 1.54) is 19.1 Å². The Labute approximate surface area is 243 Å². The first-order valence-electron chi connectivity index (χ1n) is 15.6. The molecule has 8 nitrogen and oxygen atoms in total. The van der Waals surface area contributed by atoms with E-state index >= 15 is 0 Å². The molecule has 5 rings (SSSR count). The van der Waals surface area contributed by atoms with E-state index in [9.17, 15) is 24.8 Å². The maximum Gasteiger partial charge on any atom is 0.303 e. The number of ether oxygens (including phenoxy) is 1. The van der Waals surface area contributed by atoms with E-state index in [1.807, 2.05) is 0 Å². The van der Waals surface area contributed by atoms with Crippen LogP contribution in [0.25, 0.3) is 0 Å². The fraction of sp³-hybridized carbons (Fsp3) is 0.758. The summed E-state index contributed by atoms with van der Waals surface area (Å²) >= 11 is 0. The molecule has 0 spiro atoms. The summed E-state index contributed by atoms with van der Waals surface area (Å²) in [5.41, 5.74) is -0.131. The lowest BCUT2D eigenvalue weighted by Gasteiger charge is -2.63. The number of carbonyl (C=O) groups is 2. The van der Waals surface area contributed by atoms with E-state index in [0.29, 0.717) is 48.9 Å². The third kappa shape index (κ3) is 5.30. The highest BCUT2D eigenvalue weighted by molar-refractivity contribution is 5.66. The molecule has 0 amide bonds. The van der Waals surface area contributed by atoms with Gasteiger partial charge >= 0.3 is 11.9 Å². The van der Waals surface area contributed by atoms with Gasteiger partial charge in [-0.3, -0.25) is 19.7 Å². The van der Waals surface area contributed by atoms with Crippen LogP contribution in [0.15, 0.2) is 24.3 Å². The third-order valence-corrected chi connectivity index (χ3v) is 12.5. The molecule has 2 N–H and O–H groups in total. The number of nitro groups is 1. The van der Waals surface area contributed by atoms with Crippen molar-refractivity contribution in [3.8, 4) is 0 Å². The second-order valence-corrected chi connectivity index (χ2v) is 14.4. The van der Waals surface area contributed by atoms with Gasteiger partial charge in [-0.15, -0.1) is 0 Å². The zero-order valence-corrected chi connectivity index (χ0v) is 25.0. The SMILES string of the molecule is CC(=O)O[C@@H]1C[C@@H]2C[C@](O)(c3ccc([N+](=O)[O-])cc3)CC[C@]2(C)[C@H]2CC[C@]3(C)[C@@H]([C@H](C)CCCC(=O)O)CC[C@H]3[C@H]12. The van der Waals surface area contributed by atoms with Crippen LogP contribution in [-0.4, -0.2) is 33.2 Å². The quantitative estimate of drug-likeness (QED) is 0.199. The van der Waals surface area contributed by atoms with Crippen molar-refractivity contribution in [1.82, 2.24) is 0 Å². The van der Waals surface area contributed by atoms with Crippen LogP contribution in [0.5, 0.6) is 0 Å². The van der Waals surface area contributed by atoms with Gasteiger partial charge < -0.3 is 14.9 Å². The van der Waals surface area contributed by atoms with Crippen molar-refractivity contribution in [3.05, 3.63) is 39.9 Å². The normalized spacial score (nSPS) is 40.5. The van der Waals surface area contributed by atoms with Crippen LogP contribution in [0.2, 0.25) is 0 Å². The first-order valence-corrected chi connectivity index (χ1v) is 15.6. The van der Waals surface area contributed by atoms with E-state index in [0.717, 1.165) is 50.5 Å². The summed E-state index contributed by atoms with van der Waals surface area (Å²) in [5.74, 6) is 1.38. The molecule has 10 atom stereocenters. The van der Waals surface area contributed by atoms with Gasteiger partial charge in [0, 0.05) is 31.4 Å². The van der Waals surface area contributed by atoms with Crippen LogP contribution in [0, 0.1) is 56.5 Å². The number of rotatable bonds is 8. The van der Waals surface area contributed by atoms with Crippen molar-refractivity contribution in [2.75, 3.05) is 0 Å². The summed E-state index contributed by atoms with van der Waals surface area (Å²) in [4.78, 5) is 34.3. The van der Waals surface area contributed by atoms with E-state index in [-0.39, 0.29) is 40.9 Å². The van der Waals surface area contributed by atoms with Crippen LogP contribution in [0.3, 0.4) is 0 Å². The highest BCUT2D eigenvalue weighted by Crippen LogP contribution is 2.69. The minimum Gasteiger partial charge on any atom is -0.481 e. The second kappa shape index (κ2) is 11.0. The highest BCUT2D eigenvalue weighted by atomic mass is 16.6. The number of hydrogen-bond donors (Lipinski definition) is 2. The highest BCUT2D eigenvalue weighted by Gasteiger charge is 2.64. The lowest BCUT2D eigenvalue weighted by Crippen LogP contribution is -2.60. The minimum absolute atomic E-state index is 0.0183. The maximum absolute atomic E-state index is 12.4. The summed E-state index contributed by atoms with van der Waals surface area (Å²) < 4.78 is 6.15. The lowest BCUT2D eigenvalue weighted by atomic mass is 9.42. The molecule has 1 aromatic rings. The van der Waals surface area contributed by atoms with Gasteiger partial charge in [-0.25, -0.2) is 0 Å². The minimum atomic E-state index is -1.06. The Hall–Kier alpha value is -2.48. The van der Waals surface area contributed by atoms with Crippen LogP contribution in [0.4, 0.5) is 5.69 Å². The van der Waals surface area contributed by atoms with Crippen LogP contribution < -0.4 is 0 Å². The van der Waals surface area contributed by atoms with E-state index in [2.05, 4.69) is 20.8 Å². The molecule has 4 saturated carbocycles. The van der Waals surface area contributed by atoms with Gasteiger partial charge in [0.15, 0.2) is 0 Å². The summed E-state index contributed by atoms with van der Waals surface area (Å²) in [5, 5.41) is 32.2. The fourth-order valence-electron chi connectivity index (χ4n) is 10.4. The zero-order chi connectivity index (χ0) is 29.7. The average molecular weight is 570 g/mol.